The molecule has 2 N–H and O–H groups in total. The molecule has 0 aromatic heterocycles. The maximum atomic E-state index is 15.6. The summed E-state index contributed by atoms with van der Waals surface area (Å²) >= 11 is 0. The third-order valence-corrected chi connectivity index (χ3v) is 17.0. The molecule has 366 valence electrons. The molecule has 3 saturated carbocycles. The van der Waals surface area contributed by atoms with Crippen LogP contribution < -0.4 is 0 Å². The molecular formula is C54H90O10. The number of hydrogen-bond donors (Lipinski definition) is 2. The maximum Gasteiger partial charge on any atom is 0.309 e. The molecule has 0 aromatic carbocycles. The highest BCUT2D eigenvalue weighted by Crippen LogP contribution is 2.78. The molecule has 11 atom stereocenters. The van der Waals surface area contributed by atoms with Crippen molar-refractivity contribution < 1.29 is 48.3 Å². The van der Waals surface area contributed by atoms with Gasteiger partial charge in [-0.05, 0) is 43.6 Å². The number of rotatable bonds is 30. The molecule has 4 fully saturated rings. The van der Waals surface area contributed by atoms with Gasteiger partial charge in [0.25, 0.3) is 0 Å². The van der Waals surface area contributed by atoms with E-state index in [-0.39, 0.29) is 43.5 Å². The van der Waals surface area contributed by atoms with Crippen molar-refractivity contribution in [2.24, 2.45) is 40.4 Å². The first-order valence-corrected chi connectivity index (χ1v) is 26.3. The predicted octanol–water partition coefficient (Wildman–Crippen LogP) is 11.5. The van der Waals surface area contributed by atoms with Crippen molar-refractivity contribution in [1.29, 1.82) is 0 Å². The van der Waals surface area contributed by atoms with Gasteiger partial charge in [0.05, 0.1) is 17.3 Å². The highest BCUT2D eigenvalue weighted by molar-refractivity contribution is 5.95. The van der Waals surface area contributed by atoms with Gasteiger partial charge >= 0.3 is 17.9 Å². The molecule has 64 heavy (non-hydrogen) atoms. The van der Waals surface area contributed by atoms with Crippen LogP contribution in [0, 0.1) is 40.4 Å². The summed E-state index contributed by atoms with van der Waals surface area (Å²) in [5.41, 5.74) is -6.88. The molecule has 4 aliphatic carbocycles. The molecule has 2 bridgehead atoms. The summed E-state index contributed by atoms with van der Waals surface area (Å²) in [5, 5.41) is 26.1. The van der Waals surface area contributed by atoms with Crippen molar-refractivity contribution in [1.82, 2.24) is 0 Å². The summed E-state index contributed by atoms with van der Waals surface area (Å²) in [5.74, 6) is -4.15. The fourth-order valence-electron chi connectivity index (χ4n) is 12.5. The van der Waals surface area contributed by atoms with E-state index in [0.29, 0.717) is 12.0 Å². The smallest absolute Gasteiger partial charge is 0.309 e. The number of ether oxygens (including phenoxy) is 4. The Kier molecular flexibility index (Phi) is 18.7. The third-order valence-electron chi connectivity index (χ3n) is 17.0. The average Bonchev–Trinajstić information content (AvgIpc) is 4.07. The van der Waals surface area contributed by atoms with Crippen LogP contribution in [0.4, 0.5) is 0 Å². The van der Waals surface area contributed by atoms with Crippen LogP contribution in [0.3, 0.4) is 0 Å². The number of esters is 3. The van der Waals surface area contributed by atoms with Crippen LogP contribution >= 0.6 is 0 Å². The second kappa shape index (κ2) is 22.7. The molecule has 1 heterocycles. The van der Waals surface area contributed by atoms with E-state index < -0.39 is 81.6 Å². The number of hydrogen-bond acceptors (Lipinski definition) is 10. The molecule has 10 heteroatoms. The lowest BCUT2D eigenvalue weighted by atomic mass is 9.58. The number of Topliss-reactive ketones (excluding diaryl/α,β-unsaturated/α-hetero) is 1. The highest BCUT2D eigenvalue weighted by Gasteiger charge is 2.90. The number of fused-ring (bicyclic) bond motifs is 5. The number of ketones is 1. The molecule has 5 aliphatic rings. The van der Waals surface area contributed by atoms with Crippen LogP contribution in [0.5, 0.6) is 0 Å². The number of epoxide rings is 1. The number of aliphatic hydroxyl groups is 2. The minimum absolute atomic E-state index is 0.0556. The van der Waals surface area contributed by atoms with Crippen molar-refractivity contribution >= 4 is 23.7 Å². The van der Waals surface area contributed by atoms with E-state index in [1.54, 1.807) is 19.9 Å². The summed E-state index contributed by atoms with van der Waals surface area (Å²) in [6, 6.07) is 0. The minimum atomic E-state index is -2.35. The van der Waals surface area contributed by atoms with Gasteiger partial charge in [0.15, 0.2) is 23.1 Å². The molecule has 0 amide bonds. The average molecular weight is 899 g/mol. The third kappa shape index (κ3) is 10.5. The number of unbranched alkanes of at least 4 members (excludes halogenated alkanes) is 20. The second-order valence-corrected chi connectivity index (χ2v) is 22.1. The Balaban J connectivity index is 1.29. The van der Waals surface area contributed by atoms with E-state index in [2.05, 4.69) is 13.8 Å². The molecule has 0 aromatic rings. The Morgan fingerprint density at radius 1 is 0.766 bits per heavy atom. The van der Waals surface area contributed by atoms with Gasteiger partial charge in [0, 0.05) is 24.2 Å². The first-order chi connectivity index (χ1) is 30.4. The van der Waals surface area contributed by atoms with Crippen LogP contribution in [0.1, 0.15) is 223 Å². The quantitative estimate of drug-likeness (QED) is 0.0235. The molecule has 5 rings (SSSR count). The van der Waals surface area contributed by atoms with Gasteiger partial charge in [-0.2, -0.15) is 0 Å². The number of carbonyl (C=O) groups is 4. The van der Waals surface area contributed by atoms with E-state index in [9.17, 15) is 24.6 Å². The standard InChI is InChI=1S/C54H90O10/c1-10-12-14-16-18-20-21-22-23-25-26-28-30-32-41(55)61-36-52-47(64-52)43-44-50(8,9)53(44,63-42(56)33-31-29-27-24-19-17-15-13-11-2)35-39(6)51(45(43)57)34-38(5)46(54(51,60)49(52)59)62-48(58)40(7)37(3)4/h34,37,39-40,43-44,46-47,49,59-60H,10-33,35-36H2,1-9H3/t39-,40?,43+,44-,46+,47-,49-,51?,52-,53+,54-/m1/s1. The van der Waals surface area contributed by atoms with Crippen LogP contribution in [0.25, 0.3) is 0 Å². The molecule has 0 radical (unpaired) electrons. The Morgan fingerprint density at radius 3 is 1.72 bits per heavy atom. The topological polar surface area (TPSA) is 149 Å². The van der Waals surface area contributed by atoms with E-state index in [4.69, 9.17) is 18.9 Å². The largest absolute Gasteiger partial charge is 0.462 e. The van der Waals surface area contributed by atoms with Crippen molar-refractivity contribution in [3.63, 3.8) is 0 Å². The maximum absolute atomic E-state index is 15.6. The zero-order valence-corrected chi connectivity index (χ0v) is 41.7. The molecule has 1 saturated heterocycles. The van der Waals surface area contributed by atoms with Crippen LogP contribution in [0.2, 0.25) is 0 Å². The Hall–Kier alpha value is -2.30. The summed E-state index contributed by atoms with van der Waals surface area (Å²) in [7, 11) is 0. The number of carbonyl (C=O) groups excluding carboxylic acids is 4. The zero-order chi connectivity index (χ0) is 46.9. The van der Waals surface area contributed by atoms with Crippen LogP contribution in [0.15, 0.2) is 11.6 Å². The van der Waals surface area contributed by atoms with Crippen molar-refractivity contribution in [3.8, 4) is 0 Å². The molecular weight excluding hydrogens is 809 g/mol. The summed E-state index contributed by atoms with van der Waals surface area (Å²) in [4.78, 5) is 56.5. The predicted molar refractivity (Wildman–Crippen MR) is 250 cm³/mol. The molecule has 2 unspecified atom stereocenters. The van der Waals surface area contributed by atoms with Gasteiger partial charge in [-0.3, -0.25) is 19.2 Å². The summed E-state index contributed by atoms with van der Waals surface area (Å²) in [6.45, 7) is 17.4. The first kappa shape index (κ1) is 52.7. The van der Waals surface area contributed by atoms with Gasteiger partial charge < -0.3 is 29.2 Å². The lowest BCUT2D eigenvalue weighted by Crippen LogP contribution is -2.68. The van der Waals surface area contributed by atoms with E-state index >= 15 is 4.79 Å². The fraction of sp³-hybridized carbons (Fsp3) is 0.889. The van der Waals surface area contributed by atoms with Crippen LogP contribution in [-0.4, -0.2) is 75.6 Å². The van der Waals surface area contributed by atoms with E-state index in [0.717, 1.165) is 44.9 Å². The SMILES string of the molecule is CCCCCCCCCCCCCCCC(=O)OC[C@@]12O[C@@H]1[C@@H]1C(=O)C3(C=C(C)[C@H](OC(=O)C(C)C(C)C)[C@@]3(O)[C@@H]2O)[C@H](C)C[C@]2(OC(=O)CCCCCCCCCCC)[C@H]1C2(C)C. The van der Waals surface area contributed by atoms with Crippen LogP contribution in [-0.2, 0) is 38.1 Å². The monoisotopic (exact) mass is 899 g/mol. The molecule has 1 aliphatic heterocycles. The van der Waals surface area contributed by atoms with Crippen molar-refractivity contribution in [2.45, 2.75) is 258 Å². The zero-order valence-electron chi connectivity index (χ0n) is 41.7. The van der Waals surface area contributed by atoms with E-state index in [1.807, 2.05) is 34.6 Å². The molecule has 10 nitrogen and oxygen atoms in total. The lowest BCUT2D eigenvalue weighted by Gasteiger charge is -2.50. The van der Waals surface area contributed by atoms with Gasteiger partial charge in [0.1, 0.15) is 24.4 Å². The Bertz CT molecular complexity index is 1600. The highest BCUT2D eigenvalue weighted by atomic mass is 16.7. The molecule has 1 spiro atoms. The van der Waals surface area contributed by atoms with Gasteiger partial charge in [0.2, 0.25) is 0 Å². The van der Waals surface area contributed by atoms with Gasteiger partial charge in [-0.15, -0.1) is 0 Å². The van der Waals surface area contributed by atoms with Crippen molar-refractivity contribution in [3.05, 3.63) is 11.6 Å². The van der Waals surface area contributed by atoms with Gasteiger partial charge in [-0.25, -0.2) is 0 Å². The lowest BCUT2D eigenvalue weighted by molar-refractivity contribution is -0.225. The summed E-state index contributed by atoms with van der Waals surface area (Å²) < 4.78 is 25.2. The summed E-state index contributed by atoms with van der Waals surface area (Å²) in [6.07, 6.45) is 24.1. The van der Waals surface area contributed by atoms with Gasteiger partial charge in [-0.1, -0.05) is 190 Å². The normalized spacial score (nSPS) is 33.6. The van der Waals surface area contributed by atoms with Crippen molar-refractivity contribution in [2.75, 3.05) is 6.61 Å². The minimum Gasteiger partial charge on any atom is -0.462 e. The fourth-order valence-corrected chi connectivity index (χ4v) is 12.5. The Morgan fingerprint density at radius 2 is 1.23 bits per heavy atom. The van der Waals surface area contributed by atoms with E-state index in [1.165, 1.54) is 89.9 Å². The number of aliphatic hydroxyl groups excluding tert-OH is 1. The Labute approximate surface area is 387 Å². The second-order valence-electron chi connectivity index (χ2n) is 22.1. The first-order valence-electron chi connectivity index (χ1n) is 26.3.